The Morgan fingerprint density at radius 1 is 1.53 bits per heavy atom. The van der Waals surface area contributed by atoms with Crippen molar-refractivity contribution < 1.29 is 14.3 Å². The molecule has 0 saturated heterocycles. The first-order valence-electron chi connectivity index (χ1n) is 4.98. The van der Waals surface area contributed by atoms with Gasteiger partial charge in [0.05, 0.1) is 12.2 Å². The van der Waals surface area contributed by atoms with E-state index in [0.717, 1.165) is 0 Å². The van der Waals surface area contributed by atoms with Gasteiger partial charge in [-0.25, -0.2) is 13.9 Å². The summed E-state index contributed by atoms with van der Waals surface area (Å²) in [5.41, 5.74) is 0.570. The van der Waals surface area contributed by atoms with Crippen LogP contribution in [0, 0.1) is 5.82 Å². The fraction of sp³-hybridized carbons (Fsp3) is 0.182. The first-order chi connectivity index (χ1) is 8.08. The Morgan fingerprint density at radius 2 is 2.29 bits per heavy atom. The SMILES string of the molecule is C[C@H](c1cccc(F)c1)n1cc(C(=O)O)nn1. The molecule has 0 aliphatic heterocycles. The molecule has 0 spiro atoms. The van der Waals surface area contributed by atoms with Crippen LogP contribution < -0.4 is 0 Å². The van der Waals surface area contributed by atoms with Crippen molar-refractivity contribution in [3.8, 4) is 0 Å². The third kappa shape index (κ3) is 2.30. The molecule has 17 heavy (non-hydrogen) atoms. The van der Waals surface area contributed by atoms with Gasteiger partial charge in [0, 0.05) is 0 Å². The zero-order valence-electron chi connectivity index (χ0n) is 9.04. The highest BCUT2D eigenvalue weighted by atomic mass is 19.1. The van der Waals surface area contributed by atoms with E-state index in [9.17, 15) is 9.18 Å². The maximum Gasteiger partial charge on any atom is 0.358 e. The molecule has 88 valence electrons. The van der Waals surface area contributed by atoms with Gasteiger partial charge in [-0.05, 0) is 24.6 Å². The van der Waals surface area contributed by atoms with E-state index in [1.54, 1.807) is 19.1 Å². The van der Waals surface area contributed by atoms with Crippen molar-refractivity contribution in [2.24, 2.45) is 0 Å². The van der Waals surface area contributed by atoms with Crippen LogP contribution >= 0.6 is 0 Å². The molecular formula is C11H10FN3O2. The maximum absolute atomic E-state index is 13.0. The number of carboxylic acids is 1. The highest BCUT2D eigenvalue weighted by Crippen LogP contribution is 2.17. The first kappa shape index (κ1) is 11.3. The summed E-state index contributed by atoms with van der Waals surface area (Å²) in [7, 11) is 0. The minimum Gasteiger partial charge on any atom is -0.476 e. The number of hydrogen-bond acceptors (Lipinski definition) is 3. The van der Waals surface area contributed by atoms with Crippen LogP contribution in [0.3, 0.4) is 0 Å². The summed E-state index contributed by atoms with van der Waals surface area (Å²) in [6.07, 6.45) is 1.32. The van der Waals surface area contributed by atoms with E-state index in [4.69, 9.17) is 5.11 Å². The Kier molecular flexibility index (Phi) is 2.86. The predicted molar refractivity (Wildman–Crippen MR) is 57.2 cm³/mol. The average Bonchev–Trinajstić information content (AvgIpc) is 2.77. The fourth-order valence-corrected chi connectivity index (χ4v) is 1.48. The molecule has 2 rings (SSSR count). The lowest BCUT2D eigenvalue weighted by Gasteiger charge is -2.11. The lowest BCUT2D eigenvalue weighted by atomic mass is 10.1. The number of rotatable bonds is 3. The van der Waals surface area contributed by atoms with Crippen LogP contribution in [0.1, 0.15) is 29.0 Å². The normalized spacial score (nSPS) is 12.4. The molecule has 1 atom stereocenters. The summed E-state index contributed by atoms with van der Waals surface area (Å²) in [6, 6.07) is 5.80. The van der Waals surface area contributed by atoms with Gasteiger partial charge in [0.2, 0.25) is 0 Å². The van der Waals surface area contributed by atoms with Crippen LogP contribution in [0.2, 0.25) is 0 Å². The molecule has 5 nitrogen and oxygen atoms in total. The third-order valence-electron chi connectivity index (χ3n) is 2.46. The number of carboxylic acid groups (broad SMARTS) is 1. The molecule has 1 aromatic carbocycles. The van der Waals surface area contributed by atoms with Crippen LogP contribution in [-0.2, 0) is 0 Å². The topological polar surface area (TPSA) is 68.0 Å². The molecule has 1 aromatic heterocycles. The van der Waals surface area contributed by atoms with Gasteiger partial charge >= 0.3 is 5.97 Å². The minimum absolute atomic E-state index is 0.131. The van der Waals surface area contributed by atoms with Crippen molar-refractivity contribution in [3.05, 3.63) is 47.5 Å². The Labute approximate surface area is 96.5 Å². The number of halogens is 1. The van der Waals surface area contributed by atoms with E-state index < -0.39 is 5.97 Å². The molecule has 6 heteroatoms. The van der Waals surface area contributed by atoms with Gasteiger partial charge < -0.3 is 5.11 Å². The first-order valence-corrected chi connectivity index (χ1v) is 4.98. The van der Waals surface area contributed by atoms with Gasteiger partial charge in [-0.15, -0.1) is 5.10 Å². The number of carbonyl (C=O) groups is 1. The summed E-state index contributed by atoms with van der Waals surface area (Å²) in [5.74, 6) is -1.48. The molecule has 0 radical (unpaired) electrons. The van der Waals surface area contributed by atoms with E-state index in [2.05, 4.69) is 10.3 Å². The van der Waals surface area contributed by atoms with Crippen LogP contribution in [0.15, 0.2) is 30.5 Å². The van der Waals surface area contributed by atoms with Crippen LogP contribution in [0.4, 0.5) is 4.39 Å². The van der Waals surface area contributed by atoms with Crippen molar-refractivity contribution in [2.75, 3.05) is 0 Å². The van der Waals surface area contributed by atoms with E-state index in [1.807, 2.05) is 0 Å². The van der Waals surface area contributed by atoms with Gasteiger partial charge in [0.25, 0.3) is 0 Å². The number of hydrogen-bond donors (Lipinski definition) is 1. The van der Waals surface area contributed by atoms with Crippen LogP contribution in [0.25, 0.3) is 0 Å². The van der Waals surface area contributed by atoms with Crippen molar-refractivity contribution in [3.63, 3.8) is 0 Å². The fourth-order valence-electron chi connectivity index (χ4n) is 1.48. The van der Waals surface area contributed by atoms with Gasteiger partial charge in [0.15, 0.2) is 5.69 Å². The van der Waals surface area contributed by atoms with Gasteiger partial charge in [-0.2, -0.15) is 0 Å². The van der Waals surface area contributed by atoms with E-state index in [0.29, 0.717) is 5.56 Å². The van der Waals surface area contributed by atoms with Gasteiger partial charge in [0.1, 0.15) is 5.82 Å². The monoisotopic (exact) mass is 235 g/mol. The number of benzene rings is 1. The highest BCUT2D eigenvalue weighted by Gasteiger charge is 2.14. The quantitative estimate of drug-likeness (QED) is 0.879. The number of aromatic nitrogens is 3. The summed E-state index contributed by atoms with van der Waals surface area (Å²) < 4.78 is 14.4. The Bertz CT molecular complexity index is 553. The van der Waals surface area contributed by atoms with Crippen molar-refractivity contribution in [1.29, 1.82) is 0 Å². The van der Waals surface area contributed by atoms with Gasteiger partial charge in [-0.3, -0.25) is 0 Å². The van der Waals surface area contributed by atoms with Crippen molar-refractivity contribution in [2.45, 2.75) is 13.0 Å². The van der Waals surface area contributed by atoms with E-state index in [1.165, 1.54) is 23.0 Å². The largest absolute Gasteiger partial charge is 0.476 e. The second kappa shape index (κ2) is 4.32. The zero-order valence-corrected chi connectivity index (χ0v) is 9.04. The molecule has 0 aliphatic carbocycles. The molecule has 0 fully saturated rings. The summed E-state index contributed by atoms with van der Waals surface area (Å²) in [4.78, 5) is 10.7. The second-order valence-electron chi connectivity index (χ2n) is 3.62. The summed E-state index contributed by atoms with van der Waals surface area (Å²) >= 11 is 0. The molecule has 0 saturated carbocycles. The predicted octanol–water partition coefficient (Wildman–Crippen LogP) is 1.72. The summed E-state index contributed by atoms with van der Waals surface area (Å²) in [6.45, 7) is 1.79. The Morgan fingerprint density at radius 3 is 2.88 bits per heavy atom. The molecule has 2 aromatic rings. The lowest BCUT2D eigenvalue weighted by Crippen LogP contribution is -2.07. The smallest absolute Gasteiger partial charge is 0.358 e. The number of nitrogens with zero attached hydrogens (tertiary/aromatic N) is 3. The molecular weight excluding hydrogens is 225 g/mol. The molecule has 1 N–H and O–H groups in total. The van der Waals surface area contributed by atoms with Crippen molar-refractivity contribution >= 4 is 5.97 Å². The Balaban J connectivity index is 2.30. The van der Waals surface area contributed by atoms with Gasteiger partial charge in [-0.1, -0.05) is 17.3 Å². The molecule has 0 aliphatic rings. The van der Waals surface area contributed by atoms with Crippen LogP contribution in [0.5, 0.6) is 0 Å². The Hall–Kier alpha value is -2.24. The zero-order chi connectivity index (χ0) is 12.4. The minimum atomic E-state index is -1.14. The molecule has 0 unspecified atom stereocenters. The molecule has 1 heterocycles. The molecule has 0 bridgehead atoms. The maximum atomic E-state index is 13.0. The number of aromatic carboxylic acids is 1. The second-order valence-corrected chi connectivity index (χ2v) is 3.62. The van der Waals surface area contributed by atoms with E-state index >= 15 is 0 Å². The highest BCUT2D eigenvalue weighted by molar-refractivity contribution is 5.84. The standard InChI is InChI=1S/C11H10FN3O2/c1-7(8-3-2-4-9(12)5-8)15-6-10(11(16)17)13-14-15/h2-7H,1H3,(H,16,17)/t7-/m1/s1. The summed E-state index contributed by atoms with van der Waals surface area (Å²) in [5, 5.41) is 15.9. The molecule has 0 amide bonds. The van der Waals surface area contributed by atoms with Crippen molar-refractivity contribution in [1.82, 2.24) is 15.0 Å². The lowest BCUT2D eigenvalue weighted by molar-refractivity contribution is 0.0690. The van der Waals surface area contributed by atoms with Crippen LogP contribution in [-0.4, -0.2) is 26.1 Å². The van der Waals surface area contributed by atoms with E-state index in [-0.39, 0.29) is 17.6 Å². The average molecular weight is 235 g/mol. The third-order valence-corrected chi connectivity index (χ3v) is 2.46.